The van der Waals surface area contributed by atoms with Gasteiger partial charge in [0.15, 0.2) is 5.82 Å². The molecule has 3 N–H and O–H groups in total. The van der Waals surface area contributed by atoms with Gasteiger partial charge < -0.3 is 24.5 Å². The summed E-state index contributed by atoms with van der Waals surface area (Å²) in [6.45, 7) is 7.00. The van der Waals surface area contributed by atoms with Gasteiger partial charge in [-0.15, -0.1) is 5.10 Å². The molecule has 192 valence electrons. The number of aryl methyl sites for hydroxylation is 2. The number of ether oxygens (including phenoxy) is 1. The van der Waals surface area contributed by atoms with Crippen LogP contribution in [0.3, 0.4) is 0 Å². The molecule has 0 saturated carbocycles. The van der Waals surface area contributed by atoms with Gasteiger partial charge in [0.2, 0.25) is 0 Å². The van der Waals surface area contributed by atoms with Gasteiger partial charge in [0.1, 0.15) is 11.4 Å². The predicted octanol–water partition coefficient (Wildman–Crippen LogP) is 4.05. The molecule has 0 bridgehead atoms. The zero-order chi connectivity index (χ0) is 25.9. The van der Waals surface area contributed by atoms with Crippen molar-refractivity contribution in [1.82, 2.24) is 29.0 Å². The summed E-state index contributed by atoms with van der Waals surface area (Å²) in [4.78, 5) is 14.6. The Labute approximate surface area is 216 Å². The van der Waals surface area contributed by atoms with Crippen LogP contribution in [0.2, 0.25) is 0 Å². The summed E-state index contributed by atoms with van der Waals surface area (Å²) in [5.74, 6) is 1.39. The number of imidazole rings is 1. The number of pyridine rings is 1. The van der Waals surface area contributed by atoms with Crippen LogP contribution >= 0.6 is 0 Å². The third-order valence-corrected chi connectivity index (χ3v) is 6.50. The van der Waals surface area contributed by atoms with E-state index >= 15 is 0 Å². The van der Waals surface area contributed by atoms with E-state index in [1.807, 2.05) is 80.0 Å². The zero-order valence-electron chi connectivity index (χ0n) is 21.7. The molecule has 0 atom stereocenters. The minimum Gasteiger partial charge on any atom is -0.491 e. The second-order valence-electron chi connectivity index (χ2n) is 9.47. The van der Waals surface area contributed by atoms with Gasteiger partial charge in [0.05, 0.1) is 35.6 Å². The molecule has 0 radical (unpaired) electrons. The summed E-state index contributed by atoms with van der Waals surface area (Å²) in [5.41, 5.74) is 6.23. The molecular formula is C27H33N9O. The van der Waals surface area contributed by atoms with Crippen molar-refractivity contribution in [2.45, 2.75) is 26.8 Å². The number of aromatic amines is 1. The van der Waals surface area contributed by atoms with Crippen LogP contribution in [0.15, 0.2) is 54.2 Å². The molecule has 4 aromatic heterocycles. The Hall–Kier alpha value is -4.18. The van der Waals surface area contributed by atoms with Crippen molar-refractivity contribution in [2.24, 2.45) is 4.99 Å². The van der Waals surface area contributed by atoms with E-state index in [9.17, 15) is 0 Å². The molecule has 10 nitrogen and oxygen atoms in total. The third-order valence-electron chi connectivity index (χ3n) is 6.50. The number of hydrogen-bond donors (Lipinski definition) is 3. The van der Waals surface area contributed by atoms with Crippen LogP contribution in [0.25, 0.3) is 11.3 Å². The van der Waals surface area contributed by atoms with Crippen molar-refractivity contribution in [3.8, 4) is 0 Å². The second-order valence-corrected chi connectivity index (χ2v) is 9.47. The number of fused-ring (bicyclic) bond motifs is 2. The topological polar surface area (TPSA) is 112 Å². The van der Waals surface area contributed by atoms with Crippen molar-refractivity contribution in [1.29, 1.82) is 5.41 Å². The van der Waals surface area contributed by atoms with E-state index in [0.717, 1.165) is 54.1 Å². The normalized spacial score (nSPS) is 14.5. The van der Waals surface area contributed by atoms with Crippen molar-refractivity contribution >= 4 is 34.2 Å². The quantitative estimate of drug-likeness (QED) is 0.285. The summed E-state index contributed by atoms with van der Waals surface area (Å²) >= 11 is 0. The van der Waals surface area contributed by atoms with E-state index in [2.05, 4.69) is 20.2 Å². The van der Waals surface area contributed by atoms with Crippen LogP contribution < -0.4 is 5.32 Å². The lowest BCUT2D eigenvalue weighted by Gasteiger charge is -2.18. The van der Waals surface area contributed by atoms with Crippen LogP contribution in [0, 0.1) is 19.3 Å². The van der Waals surface area contributed by atoms with E-state index in [1.54, 1.807) is 6.20 Å². The molecule has 0 unspecified atom stereocenters. The van der Waals surface area contributed by atoms with Gasteiger partial charge in [-0.25, -0.2) is 14.5 Å². The standard InChI is InChI=1S/C27H33N9O/c1-18-19(2)31-26-22(37-15-7-11-35-14-9-29-17-35)16-20(24(28)23(18)26)32-25-21-8-5-6-12-36(21)33-27(25)30-10-13-34(3)4/h5-6,8-9,12,14,16-17,28,31H,7,10-11,13,15H2,1-4H3,(H,30,33)/b28-24?,32-20+. The summed E-state index contributed by atoms with van der Waals surface area (Å²) in [5, 5.41) is 17.2. The average molecular weight is 500 g/mol. The lowest BCUT2D eigenvalue weighted by molar-refractivity contribution is 0.263. The van der Waals surface area contributed by atoms with Crippen molar-refractivity contribution in [3.63, 3.8) is 0 Å². The Morgan fingerprint density at radius 1 is 1.22 bits per heavy atom. The highest BCUT2D eigenvalue weighted by Crippen LogP contribution is 2.34. The SMILES string of the molecule is Cc1[nH]c2c(c1C)C(=N)/C(=N/c1c(NCCN(C)C)nn3ccccc13)C=C2OCCCn1ccnc1. The number of aliphatic imine (C=N–C) groups is 1. The molecule has 0 aliphatic heterocycles. The van der Waals surface area contributed by atoms with Gasteiger partial charge >= 0.3 is 0 Å². The number of nitrogens with zero attached hydrogens (tertiary/aromatic N) is 6. The Morgan fingerprint density at radius 2 is 2.08 bits per heavy atom. The summed E-state index contributed by atoms with van der Waals surface area (Å²) in [7, 11) is 4.08. The van der Waals surface area contributed by atoms with Crippen LogP contribution in [0.4, 0.5) is 11.5 Å². The zero-order valence-corrected chi connectivity index (χ0v) is 21.7. The first kappa shape index (κ1) is 24.5. The third kappa shape index (κ3) is 5.05. The molecule has 0 spiro atoms. The number of anilines is 1. The van der Waals surface area contributed by atoms with Crippen molar-refractivity contribution in [2.75, 3.05) is 39.1 Å². The smallest absolute Gasteiger partial charge is 0.175 e. The Kier molecular flexibility index (Phi) is 6.91. The van der Waals surface area contributed by atoms with E-state index in [0.29, 0.717) is 35.3 Å². The fraction of sp³-hybridized carbons (Fsp3) is 0.333. The van der Waals surface area contributed by atoms with Gasteiger partial charge in [-0.3, -0.25) is 5.41 Å². The number of allylic oxidation sites excluding steroid dienone is 1. The fourth-order valence-electron chi connectivity index (χ4n) is 4.40. The second kappa shape index (κ2) is 10.4. The highest BCUT2D eigenvalue weighted by Gasteiger charge is 2.28. The minimum absolute atomic E-state index is 0.372. The van der Waals surface area contributed by atoms with E-state index in [1.165, 1.54) is 0 Å². The molecular weight excluding hydrogens is 466 g/mol. The highest BCUT2D eigenvalue weighted by molar-refractivity contribution is 6.54. The van der Waals surface area contributed by atoms with Gasteiger partial charge in [-0.05, 0) is 52.1 Å². The Bertz CT molecular complexity index is 1470. The molecule has 0 amide bonds. The fourth-order valence-corrected chi connectivity index (χ4v) is 4.40. The largest absolute Gasteiger partial charge is 0.491 e. The Balaban J connectivity index is 1.49. The number of hydrogen-bond acceptors (Lipinski definition) is 7. The monoisotopic (exact) mass is 499 g/mol. The maximum absolute atomic E-state index is 9.04. The van der Waals surface area contributed by atoms with Crippen molar-refractivity contribution in [3.05, 3.63) is 71.7 Å². The molecule has 0 aromatic carbocycles. The number of aromatic nitrogens is 5. The van der Waals surface area contributed by atoms with Gasteiger partial charge in [-0.1, -0.05) is 6.07 Å². The van der Waals surface area contributed by atoms with Crippen LogP contribution in [0.5, 0.6) is 0 Å². The maximum Gasteiger partial charge on any atom is 0.175 e. The lowest BCUT2D eigenvalue weighted by Crippen LogP contribution is -2.21. The summed E-state index contributed by atoms with van der Waals surface area (Å²) in [6.07, 6.45) is 10.1. The first-order valence-electron chi connectivity index (χ1n) is 12.5. The molecule has 4 heterocycles. The predicted molar refractivity (Wildman–Crippen MR) is 147 cm³/mol. The summed E-state index contributed by atoms with van der Waals surface area (Å²) in [6, 6.07) is 5.90. The number of H-pyrrole nitrogens is 1. The highest BCUT2D eigenvalue weighted by atomic mass is 16.5. The molecule has 0 saturated heterocycles. The van der Waals surface area contributed by atoms with Crippen LogP contribution in [-0.4, -0.2) is 74.3 Å². The number of nitrogens with one attached hydrogen (secondary N) is 3. The van der Waals surface area contributed by atoms with Gasteiger partial charge in [-0.2, -0.15) is 0 Å². The number of likely N-dealkylation sites (N-methyl/N-ethyl adjacent to an activating group) is 1. The van der Waals surface area contributed by atoms with Gasteiger partial charge in [0, 0.05) is 55.6 Å². The molecule has 4 aromatic rings. The Morgan fingerprint density at radius 3 is 2.86 bits per heavy atom. The minimum atomic E-state index is 0.372. The molecule has 10 heteroatoms. The molecule has 5 rings (SSSR count). The van der Waals surface area contributed by atoms with Crippen molar-refractivity contribution < 1.29 is 4.74 Å². The number of rotatable bonds is 10. The summed E-state index contributed by atoms with van der Waals surface area (Å²) < 4.78 is 10.1. The molecule has 1 aliphatic carbocycles. The van der Waals surface area contributed by atoms with E-state index in [4.69, 9.17) is 20.2 Å². The first-order chi connectivity index (χ1) is 17.9. The van der Waals surface area contributed by atoms with E-state index in [-0.39, 0.29) is 0 Å². The van der Waals surface area contributed by atoms with E-state index < -0.39 is 0 Å². The van der Waals surface area contributed by atoms with Gasteiger partial charge in [0.25, 0.3) is 0 Å². The lowest BCUT2D eigenvalue weighted by atomic mass is 9.95. The maximum atomic E-state index is 9.04. The molecule has 37 heavy (non-hydrogen) atoms. The first-order valence-corrected chi connectivity index (χ1v) is 12.5. The molecule has 0 fully saturated rings. The molecule has 1 aliphatic rings. The average Bonchev–Trinajstić information content (AvgIpc) is 3.58. The van der Waals surface area contributed by atoms with Crippen LogP contribution in [-0.2, 0) is 11.3 Å². The van der Waals surface area contributed by atoms with Crippen LogP contribution in [0.1, 0.15) is 28.9 Å².